The molecule has 33 heavy (non-hydrogen) atoms. The third-order valence-corrected chi connectivity index (χ3v) is 5.90. The number of nitrogens with two attached hydrogens (primary N) is 1. The lowest BCUT2D eigenvalue weighted by Crippen LogP contribution is -3.00. The molecule has 0 saturated carbocycles. The Hall–Kier alpha value is -3.79. The Morgan fingerprint density at radius 3 is 2.48 bits per heavy atom. The topological polar surface area (TPSA) is 93.1 Å². The molecule has 8 heteroatoms. The third-order valence-electron chi connectivity index (χ3n) is 5.54. The Bertz CT molecular complexity index is 1490. The SMILES string of the molecule is N#CC1=C(N)Oc2c(c(=O)oc3ccccc23)C1c1cc[n+](Cc2ccccc2Cl)cc1.[Cl-]. The van der Waals surface area contributed by atoms with E-state index in [1.165, 1.54) is 0 Å². The number of hydrogen-bond donors (Lipinski definition) is 1. The molecule has 1 aliphatic rings. The van der Waals surface area contributed by atoms with Gasteiger partial charge in [-0.15, -0.1) is 0 Å². The van der Waals surface area contributed by atoms with Crippen molar-refractivity contribution < 1.29 is 26.1 Å². The minimum absolute atomic E-state index is 0. The summed E-state index contributed by atoms with van der Waals surface area (Å²) in [5, 5.41) is 11.1. The zero-order valence-corrected chi connectivity index (χ0v) is 18.7. The molecule has 4 aromatic rings. The van der Waals surface area contributed by atoms with E-state index < -0.39 is 11.5 Å². The van der Waals surface area contributed by atoms with Crippen molar-refractivity contribution in [3.8, 4) is 11.8 Å². The molecule has 0 radical (unpaired) electrons. The van der Waals surface area contributed by atoms with Gasteiger partial charge in [0.05, 0.1) is 21.9 Å². The first-order valence-electron chi connectivity index (χ1n) is 9.92. The van der Waals surface area contributed by atoms with Gasteiger partial charge < -0.3 is 27.3 Å². The monoisotopic (exact) mass is 477 g/mol. The van der Waals surface area contributed by atoms with Gasteiger partial charge in [0.1, 0.15) is 17.2 Å². The standard InChI is InChI=1S/C25H17ClN3O3.ClH/c26-19-7-3-1-5-16(19)14-29-11-9-15(10-12-29)21-18(13-27)24(28)32-23-17-6-2-4-8-20(17)31-25(30)22(21)23;/h1-12,21H,14,28H2;1H/q+1;/p-1. The summed E-state index contributed by atoms with van der Waals surface area (Å²) in [6, 6.07) is 20.5. The predicted molar refractivity (Wildman–Crippen MR) is 119 cm³/mol. The molecule has 164 valence electrons. The van der Waals surface area contributed by atoms with Crippen LogP contribution in [0.2, 0.25) is 5.02 Å². The van der Waals surface area contributed by atoms with E-state index in [0.29, 0.717) is 28.3 Å². The molecule has 3 heterocycles. The number of allylic oxidation sites excluding steroid dienone is 1. The first-order valence-corrected chi connectivity index (χ1v) is 10.3. The van der Waals surface area contributed by atoms with Crippen LogP contribution in [0.1, 0.15) is 22.6 Å². The van der Waals surface area contributed by atoms with Crippen LogP contribution in [-0.4, -0.2) is 0 Å². The maximum atomic E-state index is 12.9. The van der Waals surface area contributed by atoms with Gasteiger partial charge in [-0.3, -0.25) is 0 Å². The predicted octanol–water partition coefficient (Wildman–Crippen LogP) is 1.00. The molecule has 0 fully saturated rings. The fourth-order valence-corrected chi connectivity index (χ4v) is 4.18. The maximum absolute atomic E-state index is 12.9. The van der Waals surface area contributed by atoms with Crippen molar-refractivity contribution in [1.29, 1.82) is 5.26 Å². The van der Waals surface area contributed by atoms with E-state index in [2.05, 4.69) is 6.07 Å². The highest BCUT2D eigenvalue weighted by Gasteiger charge is 2.35. The van der Waals surface area contributed by atoms with Crippen LogP contribution in [0.25, 0.3) is 11.0 Å². The summed E-state index contributed by atoms with van der Waals surface area (Å²) in [5.74, 6) is -0.390. The highest BCUT2D eigenvalue weighted by molar-refractivity contribution is 6.31. The van der Waals surface area contributed by atoms with Gasteiger partial charge in [-0.05, 0) is 23.8 Å². The van der Waals surface area contributed by atoms with Crippen molar-refractivity contribution >= 4 is 22.6 Å². The highest BCUT2D eigenvalue weighted by atomic mass is 35.5. The zero-order valence-electron chi connectivity index (χ0n) is 17.2. The summed E-state index contributed by atoms with van der Waals surface area (Å²) >= 11 is 6.27. The van der Waals surface area contributed by atoms with Crippen molar-refractivity contribution in [2.75, 3.05) is 0 Å². The number of aromatic nitrogens is 1. The number of nitriles is 1. The third kappa shape index (κ3) is 3.93. The quantitative estimate of drug-likeness (QED) is 0.351. The van der Waals surface area contributed by atoms with E-state index in [1.807, 2.05) is 59.4 Å². The Morgan fingerprint density at radius 1 is 1.06 bits per heavy atom. The molecule has 2 N–H and O–H groups in total. The van der Waals surface area contributed by atoms with Gasteiger partial charge in [0, 0.05) is 17.7 Å². The average molecular weight is 478 g/mol. The zero-order chi connectivity index (χ0) is 22.2. The van der Waals surface area contributed by atoms with Crippen LogP contribution >= 0.6 is 11.6 Å². The van der Waals surface area contributed by atoms with Crippen molar-refractivity contribution in [1.82, 2.24) is 0 Å². The second kappa shape index (κ2) is 8.99. The normalized spacial score (nSPS) is 14.7. The van der Waals surface area contributed by atoms with Crippen LogP contribution < -0.4 is 33.1 Å². The van der Waals surface area contributed by atoms with E-state index in [9.17, 15) is 10.1 Å². The summed E-state index contributed by atoms with van der Waals surface area (Å²) in [7, 11) is 0. The van der Waals surface area contributed by atoms with Crippen LogP contribution in [0.4, 0.5) is 0 Å². The molecular formula is C25H17Cl2N3O3. The van der Waals surface area contributed by atoms with E-state index in [1.54, 1.807) is 18.2 Å². The molecule has 1 atom stereocenters. The highest BCUT2D eigenvalue weighted by Crippen LogP contribution is 2.43. The van der Waals surface area contributed by atoms with Gasteiger partial charge in [-0.2, -0.15) is 5.26 Å². The number of para-hydroxylation sites is 1. The fourth-order valence-electron chi connectivity index (χ4n) is 3.99. The van der Waals surface area contributed by atoms with Gasteiger partial charge >= 0.3 is 5.63 Å². The second-order valence-electron chi connectivity index (χ2n) is 7.45. The summed E-state index contributed by atoms with van der Waals surface area (Å²) in [6.07, 6.45) is 3.75. The van der Waals surface area contributed by atoms with Crippen molar-refractivity contribution in [2.24, 2.45) is 5.73 Å². The smallest absolute Gasteiger partial charge is 0.344 e. The first-order chi connectivity index (χ1) is 15.6. The van der Waals surface area contributed by atoms with E-state index >= 15 is 0 Å². The minimum atomic E-state index is -0.695. The van der Waals surface area contributed by atoms with Crippen LogP contribution in [0.3, 0.4) is 0 Å². The summed E-state index contributed by atoms with van der Waals surface area (Å²) in [6.45, 7) is 0.584. The minimum Gasteiger partial charge on any atom is -1.00 e. The molecule has 0 bridgehead atoms. The van der Waals surface area contributed by atoms with Gasteiger partial charge in [-0.1, -0.05) is 41.9 Å². The summed E-state index contributed by atoms with van der Waals surface area (Å²) < 4.78 is 13.2. The van der Waals surface area contributed by atoms with E-state index in [4.69, 9.17) is 26.5 Å². The molecule has 1 unspecified atom stereocenters. The Labute approximate surface area is 200 Å². The van der Waals surface area contributed by atoms with Crippen LogP contribution in [0.15, 0.2) is 93.7 Å². The molecule has 2 aromatic carbocycles. The number of pyridine rings is 1. The van der Waals surface area contributed by atoms with Crippen LogP contribution in [0, 0.1) is 11.3 Å². The number of benzene rings is 2. The molecule has 1 aliphatic heterocycles. The molecular weight excluding hydrogens is 461 g/mol. The lowest BCUT2D eigenvalue weighted by atomic mass is 9.84. The molecule has 0 spiro atoms. The number of halogens is 2. The van der Waals surface area contributed by atoms with Crippen molar-refractivity contribution in [3.05, 3.63) is 117 Å². The molecule has 0 amide bonds. The largest absolute Gasteiger partial charge is 1.00 e. The Balaban J connectivity index is 0.00000259. The van der Waals surface area contributed by atoms with Gasteiger partial charge in [-0.25, -0.2) is 9.36 Å². The van der Waals surface area contributed by atoms with E-state index in [-0.39, 0.29) is 29.4 Å². The molecule has 0 saturated heterocycles. The average Bonchev–Trinajstić information content (AvgIpc) is 2.80. The molecule has 6 nitrogen and oxygen atoms in total. The van der Waals surface area contributed by atoms with Crippen molar-refractivity contribution in [3.63, 3.8) is 0 Å². The van der Waals surface area contributed by atoms with Crippen LogP contribution in [-0.2, 0) is 6.54 Å². The van der Waals surface area contributed by atoms with Gasteiger partial charge in [0.15, 0.2) is 24.7 Å². The van der Waals surface area contributed by atoms with Gasteiger partial charge in [0.25, 0.3) is 0 Å². The number of nitrogens with zero attached hydrogens (tertiary/aromatic N) is 2. The van der Waals surface area contributed by atoms with Crippen LogP contribution in [0.5, 0.6) is 5.75 Å². The molecule has 0 aliphatic carbocycles. The Kier molecular flexibility index (Phi) is 6.10. The molecule has 2 aromatic heterocycles. The number of fused-ring (bicyclic) bond motifs is 3. The van der Waals surface area contributed by atoms with E-state index in [0.717, 1.165) is 11.1 Å². The number of ether oxygens (including phenoxy) is 1. The Morgan fingerprint density at radius 2 is 1.76 bits per heavy atom. The number of rotatable bonds is 3. The van der Waals surface area contributed by atoms with Gasteiger partial charge in [0.2, 0.25) is 5.88 Å². The fraction of sp³-hybridized carbons (Fsp3) is 0.0800. The molecule has 5 rings (SSSR count). The lowest BCUT2D eigenvalue weighted by molar-refractivity contribution is -0.688. The van der Waals surface area contributed by atoms with Crippen molar-refractivity contribution in [2.45, 2.75) is 12.5 Å². The maximum Gasteiger partial charge on any atom is 0.344 e. The number of hydrogen-bond acceptors (Lipinski definition) is 5. The summed E-state index contributed by atoms with van der Waals surface area (Å²) in [4.78, 5) is 12.9. The lowest BCUT2D eigenvalue weighted by Gasteiger charge is -2.25. The summed E-state index contributed by atoms with van der Waals surface area (Å²) in [5.41, 5.74) is 8.09. The second-order valence-corrected chi connectivity index (χ2v) is 7.86. The first kappa shape index (κ1) is 22.4.